The van der Waals surface area contributed by atoms with Crippen LogP contribution in [0, 0.1) is 31.8 Å². The van der Waals surface area contributed by atoms with Gasteiger partial charge in [0.1, 0.15) is 16.8 Å². The highest BCUT2D eigenvalue weighted by Crippen LogP contribution is 2.43. The van der Waals surface area contributed by atoms with Gasteiger partial charge in [0, 0.05) is 14.1 Å². The van der Waals surface area contributed by atoms with Crippen molar-refractivity contribution in [2.75, 3.05) is 19.0 Å². The lowest BCUT2D eigenvalue weighted by Crippen LogP contribution is -2.08. The number of aryl methyl sites for hydroxylation is 1. The van der Waals surface area contributed by atoms with E-state index in [1.54, 1.807) is 6.92 Å². The summed E-state index contributed by atoms with van der Waals surface area (Å²) in [6.07, 6.45) is 0. The van der Waals surface area contributed by atoms with Crippen molar-refractivity contribution in [3.8, 4) is 6.07 Å². The van der Waals surface area contributed by atoms with E-state index >= 15 is 0 Å². The summed E-state index contributed by atoms with van der Waals surface area (Å²) < 4.78 is 0. The van der Waals surface area contributed by atoms with Crippen molar-refractivity contribution in [1.82, 2.24) is 0 Å². The molecule has 0 aliphatic carbocycles. The highest BCUT2D eigenvalue weighted by molar-refractivity contribution is 7.17. The third-order valence-electron chi connectivity index (χ3n) is 3.17. The first-order valence-corrected chi connectivity index (χ1v) is 7.40. The van der Waals surface area contributed by atoms with Gasteiger partial charge in [-0.25, -0.2) is 4.85 Å². The first-order valence-electron chi connectivity index (χ1n) is 6.58. The number of azo groups is 1. The van der Waals surface area contributed by atoms with E-state index in [1.807, 2.05) is 44.1 Å². The van der Waals surface area contributed by atoms with Crippen molar-refractivity contribution in [2.45, 2.75) is 13.8 Å². The normalized spacial score (nSPS) is 10.5. The van der Waals surface area contributed by atoms with Crippen LogP contribution < -0.4 is 4.90 Å². The summed E-state index contributed by atoms with van der Waals surface area (Å²) >= 11 is 1.20. The molecule has 0 atom stereocenters. The minimum atomic E-state index is 0.406. The molecule has 2 aromatic rings. The molecule has 0 bridgehead atoms. The van der Waals surface area contributed by atoms with Crippen LogP contribution in [0.25, 0.3) is 4.85 Å². The molecule has 0 radical (unpaired) electrons. The lowest BCUT2D eigenvalue weighted by Gasteiger charge is -2.15. The Morgan fingerprint density at radius 1 is 1.27 bits per heavy atom. The minimum absolute atomic E-state index is 0.406. The minimum Gasteiger partial charge on any atom is -0.376 e. The molecule has 22 heavy (non-hydrogen) atoms. The molecule has 2 rings (SSSR count). The number of hydrogen-bond donors (Lipinski definition) is 0. The van der Waals surface area contributed by atoms with Gasteiger partial charge in [0.2, 0.25) is 5.69 Å². The molecule has 0 aliphatic rings. The molecule has 0 unspecified atom stereocenters. The van der Waals surface area contributed by atoms with Crippen molar-refractivity contribution in [2.24, 2.45) is 10.2 Å². The largest absolute Gasteiger partial charge is 0.376 e. The van der Waals surface area contributed by atoms with Gasteiger partial charge in [-0.3, -0.25) is 0 Å². The van der Waals surface area contributed by atoms with Crippen LogP contribution in [-0.4, -0.2) is 14.1 Å². The fourth-order valence-corrected chi connectivity index (χ4v) is 2.84. The predicted octanol–water partition coefficient (Wildman–Crippen LogP) is 5.27. The first kappa shape index (κ1) is 15.7. The maximum Gasteiger partial charge on any atom is 0.229 e. The van der Waals surface area contributed by atoms with Crippen LogP contribution >= 0.6 is 11.3 Å². The summed E-state index contributed by atoms with van der Waals surface area (Å²) in [4.78, 5) is 5.95. The van der Waals surface area contributed by atoms with Crippen LogP contribution in [0.1, 0.15) is 16.0 Å². The quantitative estimate of drug-likeness (QED) is 0.573. The lowest BCUT2D eigenvalue weighted by atomic mass is 10.2. The van der Waals surface area contributed by atoms with Crippen LogP contribution in [0.4, 0.5) is 22.1 Å². The fourth-order valence-electron chi connectivity index (χ4n) is 1.97. The van der Waals surface area contributed by atoms with Gasteiger partial charge in [-0.05, 0) is 37.1 Å². The Bertz CT molecular complexity index is 818. The number of nitrogens with zero attached hydrogens (tertiary/aromatic N) is 5. The summed E-state index contributed by atoms with van der Waals surface area (Å²) in [6.45, 7) is 11.0. The zero-order valence-corrected chi connectivity index (χ0v) is 13.7. The molecule has 1 aromatic heterocycles. The Labute approximate surface area is 134 Å². The van der Waals surface area contributed by atoms with E-state index in [-0.39, 0.29) is 0 Å². The van der Waals surface area contributed by atoms with Gasteiger partial charge in [-0.1, -0.05) is 6.07 Å². The highest BCUT2D eigenvalue weighted by Gasteiger charge is 2.15. The smallest absolute Gasteiger partial charge is 0.229 e. The monoisotopic (exact) mass is 309 g/mol. The standard InChI is InChI=1S/C16H15N5S/c1-10-6-7-12(13(8-10)21(4)5)19-20-16-15(18-3)11(2)14(9-17)22-16/h6-8H,1-2,4-5H3. The Morgan fingerprint density at radius 3 is 2.59 bits per heavy atom. The van der Waals surface area contributed by atoms with Gasteiger partial charge in [-0.15, -0.1) is 16.5 Å². The molecule has 0 spiro atoms. The number of benzene rings is 1. The van der Waals surface area contributed by atoms with Crippen LogP contribution in [0.15, 0.2) is 28.4 Å². The van der Waals surface area contributed by atoms with Crippen LogP contribution in [0.3, 0.4) is 0 Å². The Kier molecular flexibility index (Phi) is 4.55. The SMILES string of the molecule is [C-]#[N+]c1c(N=Nc2ccc(C)cc2N(C)C)sc(C#N)c1C. The topological polar surface area (TPSA) is 56.1 Å². The molecule has 0 aliphatic heterocycles. The van der Waals surface area contributed by atoms with E-state index in [1.165, 1.54) is 11.3 Å². The van der Waals surface area contributed by atoms with Gasteiger partial charge >= 0.3 is 0 Å². The molecule has 0 amide bonds. The van der Waals surface area contributed by atoms with E-state index in [2.05, 4.69) is 21.1 Å². The van der Waals surface area contributed by atoms with Crippen LogP contribution in [-0.2, 0) is 0 Å². The molecule has 0 N–H and O–H groups in total. The summed E-state index contributed by atoms with van der Waals surface area (Å²) in [5, 5.41) is 18.0. The van der Waals surface area contributed by atoms with Crippen molar-refractivity contribution < 1.29 is 0 Å². The van der Waals surface area contributed by atoms with Gasteiger partial charge in [0.15, 0.2) is 0 Å². The average molecular weight is 309 g/mol. The maximum atomic E-state index is 9.06. The second-order valence-corrected chi connectivity index (χ2v) is 6.02. The summed E-state index contributed by atoms with van der Waals surface area (Å²) in [6, 6.07) is 7.99. The number of rotatable bonds is 3. The molecule has 110 valence electrons. The Morgan fingerprint density at radius 2 is 2.00 bits per heavy atom. The van der Waals surface area contributed by atoms with E-state index in [9.17, 15) is 0 Å². The zero-order valence-electron chi connectivity index (χ0n) is 12.9. The zero-order chi connectivity index (χ0) is 16.3. The van der Waals surface area contributed by atoms with Crippen molar-refractivity contribution >= 4 is 33.4 Å². The average Bonchev–Trinajstić information content (AvgIpc) is 2.81. The predicted molar refractivity (Wildman–Crippen MR) is 89.7 cm³/mol. The number of nitriles is 1. The lowest BCUT2D eigenvalue weighted by molar-refractivity contribution is 1.11. The van der Waals surface area contributed by atoms with E-state index in [0.29, 0.717) is 21.1 Å². The van der Waals surface area contributed by atoms with Crippen molar-refractivity contribution in [3.63, 3.8) is 0 Å². The second kappa shape index (κ2) is 6.38. The fraction of sp³-hybridized carbons (Fsp3) is 0.250. The van der Waals surface area contributed by atoms with E-state index in [4.69, 9.17) is 11.8 Å². The molecule has 0 saturated carbocycles. The molecule has 0 saturated heterocycles. The number of hydrogen-bond acceptors (Lipinski definition) is 5. The molecule has 1 heterocycles. The molecule has 0 fully saturated rings. The van der Waals surface area contributed by atoms with Gasteiger partial charge in [0.25, 0.3) is 0 Å². The van der Waals surface area contributed by atoms with Gasteiger partial charge < -0.3 is 4.90 Å². The van der Waals surface area contributed by atoms with Crippen molar-refractivity contribution in [3.05, 3.63) is 45.6 Å². The molecular formula is C16H15N5S. The molecular weight excluding hydrogens is 294 g/mol. The Balaban J connectivity index is 2.47. The van der Waals surface area contributed by atoms with Crippen LogP contribution in [0.2, 0.25) is 0 Å². The number of anilines is 1. The summed E-state index contributed by atoms with van der Waals surface area (Å²) in [5.41, 5.74) is 3.92. The summed E-state index contributed by atoms with van der Waals surface area (Å²) in [7, 11) is 3.89. The van der Waals surface area contributed by atoms with Crippen molar-refractivity contribution in [1.29, 1.82) is 5.26 Å². The third kappa shape index (κ3) is 2.98. The molecule has 5 nitrogen and oxygen atoms in total. The molecule has 1 aromatic carbocycles. The number of thiophene rings is 1. The maximum absolute atomic E-state index is 9.06. The first-order chi connectivity index (χ1) is 10.5. The second-order valence-electron chi connectivity index (χ2n) is 5.02. The van der Waals surface area contributed by atoms with Gasteiger partial charge in [-0.2, -0.15) is 10.4 Å². The third-order valence-corrected chi connectivity index (χ3v) is 4.24. The highest BCUT2D eigenvalue weighted by atomic mass is 32.1. The molecule has 6 heteroatoms. The Hall–Kier alpha value is -2.70. The van der Waals surface area contributed by atoms with Gasteiger partial charge in [0.05, 0.1) is 17.1 Å². The van der Waals surface area contributed by atoms with E-state index in [0.717, 1.165) is 16.9 Å². The van der Waals surface area contributed by atoms with E-state index < -0.39 is 0 Å². The summed E-state index contributed by atoms with van der Waals surface area (Å²) in [5.74, 6) is 0. The van der Waals surface area contributed by atoms with Crippen LogP contribution in [0.5, 0.6) is 0 Å².